The van der Waals surface area contributed by atoms with E-state index in [-0.39, 0.29) is 6.04 Å². The Morgan fingerprint density at radius 1 is 1.25 bits per heavy atom. The van der Waals surface area contributed by atoms with Gasteiger partial charge in [0.05, 0.1) is 18.3 Å². The Labute approximate surface area is 121 Å². The summed E-state index contributed by atoms with van der Waals surface area (Å²) < 4.78 is 5.23. The van der Waals surface area contributed by atoms with Gasteiger partial charge in [0.2, 0.25) is 0 Å². The maximum absolute atomic E-state index is 5.23. The SMILES string of the molecule is COCc1cc(C(C)C)nc(C(C)N2CCNCC2)n1. The van der Waals surface area contributed by atoms with Gasteiger partial charge in [0.15, 0.2) is 0 Å². The number of methoxy groups -OCH3 is 1. The van der Waals surface area contributed by atoms with Crippen LogP contribution in [0.5, 0.6) is 0 Å². The second kappa shape index (κ2) is 7.11. The zero-order valence-electron chi connectivity index (χ0n) is 13.0. The minimum atomic E-state index is 0.256. The van der Waals surface area contributed by atoms with Gasteiger partial charge in [-0.15, -0.1) is 0 Å². The first kappa shape index (κ1) is 15.4. The zero-order chi connectivity index (χ0) is 14.5. The summed E-state index contributed by atoms with van der Waals surface area (Å²) in [5, 5.41) is 3.38. The van der Waals surface area contributed by atoms with Crippen LogP contribution in [-0.2, 0) is 11.3 Å². The molecule has 112 valence electrons. The number of ether oxygens (including phenoxy) is 1. The molecular weight excluding hydrogens is 252 g/mol. The van der Waals surface area contributed by atoms with Crippen LogP contribution in [0, 0.1) is 0 Å². The van der Waals surface area contributed by atoms with E-state index < -0.39 is 0 Å². The first-order valence-electron chi connectivity index (χ1n) is 7.43. The molecule has 20 heavy (non-hydrogen) atoms. The van der Waals surface area contributed by atoms with Crippen LogP contribution in [0.4, 0.5) is 0 Å². The van der Waals surface area contributed by atoms with Gasteiger partial charge in [-0.25, -0.2) is 9.97 Å². The van der Waals surface area contributed by atoms with Gasteiger partial charge in [-0.05, 0) is 18.9 Å². The molecule has 1 aromatic rings. The van der Waals surface area contributed by atoms with Gasteiger partial charge in [0, 0.05) is 39.0 Å². The molecule has 0 radical (unpaired) electrons. The fourth-order valence-corrected chi connectivity index (χ4v) is 2.48. The quantitative estimate of drug-likeness (QED) is 0.888. The average molecular weight is 278 g/mol. The van der Waals surface area contributed by atoms with E-state index in [2.05, 4.69) is 42.0 Å². The average Bonchev–Trinajstić information content (AvgIpc) is 2.47. The molecular formula is C15H26N4O. The molecule has 5 heteroatoms. The van der Waals surface area contributed by atoms with Crippen molar-refractivity contribution in [1.29, 1.82) is 0 Å². The summed E-state index contributed by atoms with van der Waals surface area (Å²) in [5.74, 6) is 1.33. The minimum Gasteiger partial charge on any atom is -0.378 e. The van der Waals surface area contributed by atoms with Gasteiger partial charge >= 0.3 is 0 Å². The van der Waals surface area contributed by atoms with Crippen LogP contribution < -0.4 is 5.32 Å². The molecule has 1 aliphatic rings. The molecule has 0 aliphatic carbocycles. The molecule has 0 amide bonds. The second-order valence-electron chi connectivity index (χ2n) is 5.69. The molecule has 1 fully saturated rings. The Morgan fingerprint density at radius 3 is 2.55 bits per heavy atom. The largest absolute Gasteiger partial charge is 0.378 e. The number of hydrogen-bond donors (Lipinski definition) is 1. The van der Waals surface area contributed by atoms with Crippen LogP contribution in [0.3, 0.4) is 0 Å². The summed E-state index contributed by atoms with van der Waals surface area (Å²) >= 11 is 0. The molecule has 2 heterocycles. The molecule has 0 aromatic carbocycles. The number of nitrogens with zero attached hydrogens (tertiary/aromatic N) is 3. The summed E-state index contributed by atoms with van der Waals surface area (Å²) in [6.07, 6.45) is 0. The number of aromatic nitrogens is 2. The van der Waals surface area contributed by atoms with Crippen LogP contribution in [0.2, 0.25) is 0 Å². The summed E-state index contributed by atoms with van der Waals surface area (Å²) in [7, 11) is 1.70. The molecule has 5 nitrogen and oxygen atoms in total. The van der Waals surface area contributed by atoms with Crippen molar-refractivity contribution in [3.05, 3.63) is 23.3 Å². The van der Waals surface area contributed by atoms with E-state index >= 15 is 0 Å². The van der Waals surface area contributed by atoms with Crippen molar-refractivity contribution >= 4 is 0 Å². The Kier molecular flexibility index (Phi) is 5.46. The fraction of sp³-hybridized carbons (Fsp3) is 0.733. The van der Waals surface area contributed by atoms with Crippen LogP contribution in [0.1, 0.15) is 49.9 Å². The molecule has 0 spiro atoms. The molecule has 0 bridgehead atoms. The molecule has 1 aliphatic heterocycles. The summed E-state index contributed by atoms with van der Waals surface area (Å²) in [5.41, 5.74) is 2.08. The third kappa shape index (κ3) is 3.75. The highest BCUT2D eigenvalue weighted by molar-refractivity contribution is 5.15. The number of hydrogen-bond acceptors (Lipinski definition) is 5. The van der Waals surface area contributed by atoms with Crippen molar-refractivity contribution in [3.8, 4) is 0 Å². The molecule has 1 aromatic heterocycles. The highest BCUT2D eigenvalue weighted by Gasteiger charge is 2.21. The van der Waals surface area contributed by atoms with E-state index in [0.717, 1.165) is 43.4 Å². The van der Waals surface area contributed by atoms with Crippen molar-refractivity contribution in [2.24, 2.45) is 0 Å². The minimum absolute atomic E-state index is 0.256. The lowest BCUT2D eigenvalue weighted by molar-refractivity contribution is 0.171. The van der Waals surface area contributed by atoms with E-state index in [1.54, 1.807) is 7.11 Å². The van der Waals surface area contributed by atoms with Gasteiger partial charge in [0.25, 0.3) is 0 Å². The normalized spacial score (nSPS) is 18.4. The maximum Gasteiger partial charge on any atom is 0.145 e. The van der Waals surface area contributed by atoms with E-state index in [9.17, 15) is 0 Å². The van der Waals surface area contributed by atoms with E-state index in [1.165, 1.54) is 0 Å². The Hall–Kier alpha value is -1.04. The molecule has 2 rings (SSSR count). The maximum atomic E-state index is 5.23. The highest BCUT2D eigenvalue weighted by atomic mass is 16.5. The summed E-state index contributed by atoms with van der Waals surface area (Å²) in [6.45, 7) is 11.3. The molecule has 1 N–H and O–H groups in total. The van der Waals surface area contributed by atoms with E-state index in [4.69, 9.17) is 9.72 Å². The predicted molar refractivity (Wildman–Crippen MR) is 79.7 cm³/mol. The van der Waals surface area contributed by atoms with Crippen molar-refractivity contribution in [2.75, 3.05) is 33.3 Å². The highest BCUT2D eigenvalue weighted by Crippen LogP contribution is 2.21. The molecule has 1 atom stereocenters. The van der Waals surface area contributed by atoms with Crippen LogP contribution in [-0.4, -0.2) is 48.2 Å². The zero-order valence-corrected chi connectivity index (χ0v) is 13.0. The Balaban J connectivity index is 2.23. The van der Waals surface area contributed by atoms with Crippen molar-refractivity contribution in [2.45, 2.75) is 39.3 Å². The van der Waals surface area contributed by atoms with Crippen LogP contribution in [0.25, 0.3) is 0 Å². The van der Waals surface area contributed by atoms with Crippen molar-refractivity contribution in [1.82, 2.24) is 20.2 Å². The number of nitrogens with one attached hydrogen (secondary N) is 1. The van der Waals surface area contributed by atoms with Gasteiger partial charge in [-0.2, -0.15) is 0 Å². The fourth-order valence-electron chi connectivity index (χ4n) is 2.48. The summed E-state index contributed by atoms with van der Waals surface area (Å²) in [4.78, 5) is 11.9. The van der Waals surface area contributed by atoms with E-state index in [1.807, 2.05) is 0 Å². The monoisotopic (exact) mass is 278 g/mol. The smallest absolute Gasteiger partial charge is 0.145 e. The number of piperazine rings is 1. The van der Waals surface area contributed by atoms with Crippen molar-refractivity contribution < 1.29 is 4.74 Å². The third-order valence-electron chi connectivity index (χ3n) is 3.77. The van der Waals surface area contributed by atoms with Gasteiger partial charge < -0.3 is 10.1 Å². The number of rotatable bonds is 5. The van der Waals surface area contributed by atoms with Gasteiger partial charge in [-0.3, -0.25) is 4.90 Å². The van der Waals surface area contributed by atoms with Gasteiger partial charge in [0.1, 0.15) is 5.82 Å². The third-order valence-corrected chi connectivity index (χ3v) is 3.77. The van der Waals surface area contributed by atoms with E-state index in [0.29, 0.717) is 12.5 Å². The second-order valence-corrected chi connectivity index (χ2v) is 5.69. The topological polar surface area (TPSA) is 50.3 Å². The van der Waals surface area contributed by atoms with Crippen molar-refractivity contribution in [3.63, 3.8) is 0 Å². The lowest BCUT2D eigenvalue weighted by atomic mass is 10.1. The Morgan fingerprint density at radius 2 is 1.95 bits per heavy atom. The van der Waals surface area contributed by atoms with Gasteiger partial charge in [-0.1, -0.05) is 13.8 Å². The lowest BCUT2D eigenvalue weighted by Crippen LogP contribution is -2.44. The van der Waals surface area contributed by atoms with Crippen LogP contribution >= 0.6 is 0 Å². The Bertz CT molecular complexity index is 430. The predicted octanol–water partition coefficient (Wildman–Crippen LogP) is 1.71. The molecule has 1 unspecified atom stereocenters. The first-order valence-corrected chi connectivity index (χ1v) is 7.43. The molecule has 1 saturated heterocycles. The van der Waals surface area contributed by atoms with Crippen LogP contribution in [0.15, 0.2) is 6.07 Å². The first-order chi connectivity index (χ1) is 9.61. The molecule has 0 saturated carbocycles. The summed E-state index contributed by atoms with van der Waals surface area (Å²) in [6, 6.07) is 2.31. The standard InChI is InChI=1S/C15H26N4O/c1-11(2)14-9-13(10-20-4)17-15(18-14)12(3)19-7-5-16-6-8-19/h9,11-12,16H,5-8,10H2,1-4H3. The lowest BCUT2D eigenvalue weighted by Gasteiger charge is -2.32.